The maximum absolute atomic E-state index is 6.11. The number of nitrogens with two attached hydrogens (primary N) is 1. The predicted octanol–water partition coefficient (Wildman–Crippen LogP) is 1.86. The molecule has 1 fully saturated rings. The quantitative estimate of drug-likeness (QED) is 0.894. The Kier molecular flexibility index (Phi) is 4.70. The Morgan fingerprint density at radius 2 is 2.15 bits per heavy atom. The van der Waals surface area contributed by atoms with Gasteiger partial charge in [0.1, 0.15) is 0 Å². The van der Waals surface area contributed by atoms with Gasteiger partial charge in [-0.15, -0.1) is 0 Å². The van der Waals surface area contributed by atoms with Crippen LogP contribution in [0.2, 0.25) is 0 Å². The molecule has 1 aliphatic rings. The van der Waals surface area contributed by atoms with Gasteiger partial charge in [0.2, 0.25) is 5.88 Å². The Labute approximate surface area is 122 Å². The minimum absolute atomic E-state index is 0.202. The van der Waals surface area contributed by atoms with Gasteiger partial charge in [0, 0.05) is 19.6 Å². The number of aryl methyl sites for hydroxylation is 2. The lowest BCUT2D eigenvalue weighted by Crippen LogP contribution is -2.40. The average molecular weight is 280 g/mol. The molecule has 5 nitrogen and oxygen atoms in total. The smallest absolute Gasteiger partial charge is 0.216 e. The summed E-state index contributed by atoms with van der Waals surface area (Å²) in [5.74, 6) is 1.49. The van der Waals surface area contributed by atoms with Crippen molar-refractivity contribution in [1.29, 1.82) is 0 Å². The highest BCUT2D eigenvalue weighted by molar-refractivity contribution is 5.35. The number of hydrogen-bond acceptors (Lipinski definition) is 4. The van der Waals surface area contributed by atoms with Gasteiger partial charge in [-0.3, -0.25) is 4.90 Å². The highest BCUT2D eigenvalue weighted by atomic mass is 16.5. The summed E-state index contributed by atoms with van der Waals surface area (Å²) in [4.78, 5) is 2.55. The van der Waals surface area contributed by atoms with Crippen molar-refractivity contribution in [2.45, 2.75) is 45.7 Å². The van der Waals surface area contributed by atoms with Crippen LogP contribution in [0.1, 0.15) is 44.0 Å². The van der Waals surface area contributed by atoms with E-state index in [1.165, 1.54) is 12.8 Å². The van der Waals surface area contributed by atoms with E-state index in [2.05, 4.69) is 23.8 Å². The Balaban J connectivity index is 2.37. The summed E-state index contributed by atoms with van der Waals surface area (Å²) in [6, 6.07) is 0.807. The highest BCUT2D eigenvalue weighted by Gasteiger charge is 2.35. The topological polar surface area (TPSA) is 56.3 Å². The van der Waals surface area contributed by atoms with Crippen molar-refractivity contribution < 1.29 is 4.74 Å². The van der Waals surface area contributed by atoms with Crippen LogP contribution < -0.4 is 10.5 Å². The van der Waals surface area contributed by atoms with Crippen LogP contribution in [0, 0.1) is 12.8 Å². The van der Waals surface area contributed by atoms with Crippen LogP contribution in [0.25, 0.3) is 0 Å². The molecule has 2 N–H and O–H groups in total. The molecule has 1 aromatic rings. The normalized spacial score (nSPS) is 21.6. The first-order valence-corrected chi connectivity index (χ1v) is 7.54. The molecule has 1 saturated heterocycles. The highest BCUT2D eigenvalue weighted by Crippen LogP contribution is 2.37. The molecule has 0 saturated carbocycles. The molecule has 5 heteroatoms. The van der Waals surface area contributed by atoms with Crippen molar-refractivity contribution in [3.63, 3.8) is 0 Å². The van der Waals surface area contributed by atoms with Gasteiger partial charge in [0.05, 0.1) is 24.4 Å². The molecule has 0 spiro atoms. The molecular weight excluding hydrogens is 252 g/mol. The zero-order chi connectivity index (χ0) is 14.9. The molecule has 0 radical (unpaired) electrons. The van der Waals surface area contributed by atoms with E-state index < -0.39 is 0 Å². The molecule has 0 aromatic carbocycles. The maximum Gasteiger partial charge on any atom is 0.216 e. The standard InChI is InChI=1S/C15H28N4O/c1-10(2)12-7-6-8-19(12)13(9-16)14-11(3)17-18(4)15(14)20-5/h10,12-13H,6-9,16H2,1-5H3. The molecule has 2 atom stereocenters. The van der Waals surface area contributed by atoms with Gasteiger partial charge >= 0.3 is 0 Å². The molecule has 0 aliphatic carbocycles. The summed E-state index contributed by atoms with van der Waals surface area (Å²) in [6.45, 7) is 8.35. The van der Waals surface area contributed by atoms with Crippen LogP contribution in [0.3, 0.4) is 0 Å². The van der Waals surface area contributed by atoms with Gasteiger partial charge in [0.15, 0.2) is 0 Å². The third-order valence-electron chi connectivity index (χ3n) is 4.48. The Morgan fingerprint density at radius 3 is 2.70 bits per heavy atom. The summed E-state index contributed by atoms with van der Waals surface area (Å²) in [5.41, 5.74) is 8.29. The first kappa shape index (κ1) is 15.3. The average Bonchev–Trinajstić information content (AvgIpc) is 2.97. The number of nitrogens with zero attached hydrogens (tertiary/aromatic N) is 3. The van der Waals surface area contributed by atoms with Crippen LogP contribution in [-0.4, -0.2) is 40.9 Å². The van der Waals surface area contributed by atoms with Gasteiger partial charge in [-0.25, -0.2) is 4.68 Å². The van der Waals surface area contributed by atoms with Crippen molar-refractivity contribution in [2.75, 3.05) is 20.2 Å². The number of ether oxygens (including phenoxy) is 1. The van der Waals surface area contributed by atoms with Gasteiger partial charge in [-0.05, 0) is 32.2 Å². The lowest BCUT2D eigenvalue weighted by molar-refractivity contribution is 0.146. The minimum atomic E-state index is 0.202. The molecule has 1 aromatic heterocycles. The SMILES string of the molecule is COc1c(C(CN)N2CCCC2C(C)C)c(C)nn1C. The first-order valence-electron chi connectivity index (χ1n) is 7.54. The van der Waals surface area contributed by atoms with Crippen LogP contribution in [0.4, 0.5) is 0 Å². The number of rotatable bonds is 5. The molecule has 20 heavy (non-hydrogen) atoms. The fourth-order valence-corrected chi connectivity index (χ4v) is 3.62. The van der Waals surface area contributed by atoms with E-state index in [1.54, 1.807) is 7.11 Å². The van der Waals surface area contributed by atoms with Gasteiger partial charge in [0.25, 0.3) is 0 Å². The van der Waals surface area contributed by atoms with Crippen LogP contribution in [-0.2, 0) is 7.05 Å². The molecule has 2 heterocycles. The monoisotopic (exact) mass is 280 g/mol. The minimum Gasteiger partial charge on any atom is -0.481 e. The second-order valence-corrected chi connectivity index (χ2v) is 6.07. The summed E-state index contributed by atoms with van der Waals surface area (Å²) in [7, 11) is 3.63. The number of hydrogen-bond donors (Lipinski definition) is 1. The third kappa shape index (κ3) is 2.56. The number of likely N-dealkylation sites (tertiary alicyclic amines) is 1. The molecule has 2 unspecified atom stereocenters. The molecule has 2 rings (SSSR count). The zero-order valence-corrected chi connectivity index (χ0v) is 13.4. The summed E-state index contributed by atoms with van der Waals surface area (Å²) in [6.07, 6.45) is 2.51. The Bertz CT molecular complexity index is 455. The van der Waals surface area contributed by atoms with Crippen LogP contribution in [0.5, 0.6) is 5.88 Å². The van der Waals surface area contributed by atoms with Crippen molar-refractivity contribution in [2.24, 2.45) is 18.7 Å². The fourth-order valence-electron chi connectivity index (χ4n) is 3.62. The van der Waals surface area contributed by atoms with Crippen LogP contribution >= 0.6 is 0 Å². The van der Waals surface area contributed by atoms with Crippen molar-refractivity contribution >= 4 is 0 Å². The molecular formula is C15H28N4O. The first-order chi connectivity index (χ1) is 9.51. The van der Waals surface area contributed by atoms with Gasteiger partial charge in [-0.1, -0.05) is 13.8 Å². The number of aromatic nitrogens is 2. The third-order valence-corrected chi connectivity index (χ3v) is 4.48. The van der Waals surface area contributed by atoms with E-state index in [0.29, 0.717) is 18.5 Å². The molecule has 114 valence electrons. The van der Waals surface area contributed by atoms with E-state index in [0.717, 1.165) is 23.7 Å². The van der Waals surface area contributed by atoms with Crippen molar-refractivity contribution in [1.82, 2.24) is 14.7 Å². The van der Waals surface area contributed by atoms with Gasteiger partial charge in [-0.2, -0.15) is 5.10 Å². The van der Waals surface area contributed by atoms with Crippen molar-refractivity contribution in [3.8, 4) is 5.88 Å². The Morgan fingerprint density at radius 1 is 1.45 bits per heavy atom. The Hall–Kier alpha value is -1.07. The molecule has 0 amide bonds. The lowest BCUT2D eigenvalue weighted by atomic mass is 9.98. The van der Waals surface area contributed by atoms with E-state index in [-0.39, 0.29) is 6.04 Å². The van der Waals surface area contributed by atoms with E-state index in [4.69, 9.17) is 10.5 Å². The van der Waals surface area contributed by atoms with E-state index in [9.17, 15) is 0 Å². The predicted molar refractivity (Wildman–Crippen MR) is 80.9 cm³/mol. The second kappa shape index (κ2) is 6.14. The summed E-state index contributed by atoms with van der Waals surface area (Å²) >= 11 is 0. The van der Waals surface area contributed by atoms with Crippen molar-refractivity contribution in [3.05, 3.63) is 11.3 Å². The summed E-state index contributed by atoms with van der Waals surface area (Å²) in [5, 5.41) is 4.50. The van der Waals surface area contributed by atoms with Gasteiger partial charge < -0.3 is 10.5 Å². The zero-order valence-electron chi connectivity index (χ0n) is 13.4. The second-order valence-electron chi connectivity index (χ2n) is 6.07. The number of methoxy groups -OCH3 is 1. The van der Waals surface area contributed by atoms with Crippen LogP contribution in [0.15, 0.2) is 0 Å². The molecule has 1 aliphatic heterocycles. The largest absolute Gasteiger partial charge is 0.481 e. The maximum atomic E-state index is 6.11. The molecule has 0 bridgehead atoms. The fraction of sp³-hybridized carbons (Fsp3) is 0.800. The summed E-state index contributed by atoms with van der Waals surface area (Å²) < 4.78 is 7.37. The van der Waals surface area contributed by atoms with E-state index in [1.807, 2.05) is 18.7 Å². The van der Waals surface area contributed by atoms with E-state index >= 15 is 0 Å². The lowest BCUT2D eigenvalue weighted by Gasteiger charge is -2.34.